The molecule has 0 saturated carbocycles. The number of hydrogen-bond acceptors (Lipinski definition) is 4. The van der Waals surface area contributed by atoms with Crippen molar-refractivity contribution in [1.82, 2.24) is 15.1 Å². The van der Waals surface area contributed by atoms with Crippen LogP contribution in [0.15, 0.2) is 0 Å². The Morgan fingerprint density at radius 3 is 2.40 bits per heavy atom. The van der Waals surface area contributed by atoms with E-state index in [2.05, 4.69) is 10.2 Å². The lowest BCUT2D eigenvalue weighted by atomic mass is 10.2. The van der Waals surface area contributed by atoms with Crippen LogP contribution in [0.25, 0.3) is 0 Å². The van der Waals surface area contributed by atoms with Crippen LogP contribution in [0.2, 0.25) is 0 Å². The first-order valence-electron chi connectivity index (χ1n) is 6.84. The molecule has 0 aromatic carbocycles. The van der Waals surface area contributed by atoms with Crippen molar-refractivity contribution < 1.29 is 14.7 Å². The molecule has 0 heterocycles. The molecule has 0 aromatic rings. The van der Waals surface area contributed by atoms with E-state index < -0.39 is 12.0 Å². The summed E-state index contributed by atoms with van der Waals surface area (Å²) in [5.74, 6) is -0.263. The minimum atomic E-state index is -0.975. The Morgan fingerprint density at radius 1 is 1.30 bits per heavy atom. The average Bonchev–Trinajstić information content (AvgIpc) is 2.38. The Labute approximate surface area is 125 Å². The Hall–Kier alpha value is -0.950. The predicted molar refractivity (Wildman–Crippen MR) is 83.4 cm³/mol. The van der Waals surface area contributed by atoms with Gasteiger partial charge in [-0.3, -0.25) is 0 Å². The zero-order valence-electron chi connectivity index (χ0n) is 12.9. The first-order valence-corrected chi connectivity index (χ1v) is 8.23. The molecule has 0 unspecified atom stereocenters. The maximum Gasteiger partial charge on any atom is 0.326 e. The van der Waals surface area contributed by atoms with Crippen LogP contribution in [0.4, 0.5) is 4.79 Å². The highest BCUT2D eigenvalue weighted by Gasteiger charge is 2.21. The van der Waals surface area contributed by atoms with Crippen LogP contribution in [0, 0.1) is 0 Å². The number of nitrogens with one attached hydrogen (secondary N) is 1. The first-order chi connectivity index (χ1) is 9.42. The predicted octanol–water partition coefficient (Wildman–Crippen LogP) is 1.18. The van der Waals surface area contributed by atoms with Gasteiger partial charge in [0, 0.05) is 13.1 Å². The minimum Gasteiger partial charge on any atom is -0.480 e. The number of amides is 2. The number of aliphatic carboxylic acids is 1. The van der Waals surface area contributed by atoms with Crippen molar-refractivity contribution in [3.8, 4) is 0 Å². The third-order valence-electron chi connectivity index (χ3n) is 2.91. The van der Waals surface area contributed by atoms with Gasteiger partial charge in [0.2, 0.25) is 0 Å². The molecule has 0 bridgehead atoms. The molecular formula is C13H27N3O3S. The monoisotopic (exact) mass is 305 g/mol. The van der Waals surface area contributed by atoms with E-state index in [4.69, 9.17) is 5.11 Å². The van der Waals surface area contributed by atoms with E-state index in [1.54, 1.807) is 16.7 Å². The van der Waals surface area contributed by atoms with Crippen LogP contribution in [0.1, 0.15) is 19.8 Å². The lowest BCUT2D eigenvalue weighted by molar-refractivity contribution is -0.139. The molecule has 0 saturated heterocycles. The molecule has 2 amide bonds. The van der Waals surface area contributed by atoms with E-state index in [1.165, 1.54) is 0 Å². The maximum atomic E-state index is 12.1. The Kier molecular flexibility index (Phi) is 10.3. The summed E-state index contributed by atoms with van der Waals surface area (Å²) >= 11 is 1.57. The summed E-state index contributed by atoms with van der Waals surface area (Å²) in [7, 11) is 3.97. The standard InChI is InChI=1S/C13H27N3O3S/c1-5-16(9-6-8-15(2)3)13(19)14-11(12(17)18)7-10-20-4/h11H,5-10H2,1-4H3,(H,14,19)(H,17,18)/t11-/m1/s1. The summed E-state index contributed by atoms with van der Waals surface area (Å²) in [6, 6.07) is -1.10. The van der Waals surface area contributed by atoms with Crippen LogP contribution in [-0.2, 0) is 4.79 Å². The van der Waals surface area contributed by atoms with Crippen LogP contribution >= 0.6 is 11.8 Å². The van der Waals surface area contributed by atoms with E-state index in [0.717, 1.165) is 13.0 Å². The van der Waals surface area contributed by atoms with Gasteiger partial charge in [0.15, 0.2) is 0 Å². The van der Waals surface area contributed by atoms with Crippen molar-refractivity contribution in [2.45, 2.75) is 25.8 Å². The SMILES string of the molecule is CCN(CCCN(C)C)C(=O)N[C@H](CCSC)C(=O)O. The first kappa shape index (κ1) is 19.1. The molecule has 0 aliphatic heterocycles. The topological polar surface area (TPSA) is 72.9 Å². The third-order valence-corrected chi connectivity index (χ3v) is 3.55. The fourth-order valence-corrected chi connectivity index (χ4v) is 2.19. The molecule has 0 rings (SSSR count). The number of hydrogen-bond donors (Lipinski definition) is 2. The van der Waals surface area contributed by atoms with Gasteiger partial charge in [-0.25, -0.2) is 9.59 Å². The van der Waals surface area contributed by atoms with E-state index in [9.17, 15) is 9.59 Å². The second-order valence-electron chi connectivity index (χ2n) is 4.86. The van der Waals surface area contributed by atoms with Gasteiger partial charge in [-0.2, -0.15) is 11.8 Å². The van der Waals surface area contributed by atoms with Crippen LogP contribution in [0.5, 0.6) is 0 Å². The molecule has 0 fully saturated rings. The van der Waals surface area contributed by atoms with Crippen molar-refractivity contribution in [3.63, 3.8) is 0 Å². The Morgan fingerprint density at radius 2 is 1.95 bits per heavy atom. The number of urea groups is 1. The number of carbonyl (C=O) groups excluding carboxylic acids is 1. The number of nitrogens with zero attached hydrogens (tertiary/aromatic N) is 2. The number of carboxylic acid groups (broad SMARTS) is 1. The summed E-state index contributed by atoms with van der Waals surface area (Å²) in [6.45, 7) is 4.01. The van der Waals surface area contributed by atoms with Gasteiger partial charge >= 0.3 is 12.0 Å². The van der Waals surface area contributed by atoms with Crippen molar-refractivity contribution in [1.29, 1.82) is 0 Å². The van der Waals surface area contributed by atoms with Gasteiger partial charge in [0.25, 0.3) is 0 Å². The second kappa shape index (κ2) is 10.8. The maximum absolute atomic E-state index is 12.1. The molecule has 0 aromatic heterocycles. The summed E-state index contributed by atoms with van der Waals surface area (Å²) in [5, 5.41) is 11.7. The fourth-order valence-electron chi connectivity index (χ4n) is 1.71. The van der Waals surface area contributed by atoms with Crippen LogP contribution < -0.4 is 5.32 Å². The molecule has 1 atom stereocenters. The van der Waals surface area contributed by atoms with Crippen LogP contribution in [0.3, 0.4) is 0 Å². The molecule has 0 spiro atoms. The second-order valence-corrected chi connectivity index (χ2v) is 5.84. The van der Waals surface area contributed by atoms with E-state index in [1.807, 2.05) is 27.3 Å². The van der Waals surface area contributed by atoms with Crippen molar-refractivity contribution in [2.24, 2.45) is 0 Å². The summed E-state index contributed by atoms with van der Waals surface area (Å²) in [6.07, 6.45) is 3.23. The molecule has 118 valence electrons. The zero-order chi connectivity index (χ0) is 15.5. The molecule has 20 heavy (non-hydrogen) atoms. The smallest absolute Gasteiger partial charge is 0.326 e. The highest BCUT2D eigenvalue weighted by molar-refractivity contribution is 7.98. The van der Waals surface area contributed by atoms with E-state index in [0.29, 0.717) is 25.3 Å². The normalized spacial score (nSPS) is 12.2. The van der Waals surface area contributed by atoms with Crippen molar-refractivity contribution >= 4 is 23.8 Å². The molecular weight excluding hydrogens is 278 g/mol. The number of thioether (sulfide) groups is 1. The molecule has 6 nitrogen and oxygen atoms in total. The Balaban J connectivity index is 4.31. The number of rotatable bonds is 10. The average molecular weight is 305 g/mol. The molecule has 0 aliphatic rings. The van der Waals surface area contributed by atoms with Gasteiger partial charge in [0.1, 0.15) is 6.04 Å². The molecule has 0 radical (unpaired) electrons. The van der Waals surface area contributed by atoms with Gasteiger partial charge in [0.05, 0.1) is 0 Å². The fraction of sp³-hybridized carbons (Fsp3) is 0.846. The lowest BCUT2D eigenvalue weighted by Crippen LogP contribution is -2.48. The largest absolute Gasteiger partial charge is 0.480 e. The molecule has 7 heteroatoms. The third kappa shape index (κ3) is 8.27. The summed E-state index contributed by atoms with van der Waals surface area (Å²) in [4.78, 5) is 26.9. The highest BCUT2D eigenvalue weighted by atomic mass is 32.2. The molecule has 2 N–H and O–H groups in total. The zero-order valence-corrected chi connectivity index (χ0v) is 13.7. The summed E-state index contributed by atoms with van der Waals surface area (Å²) < 4.78 is 0. The number of carboxylic acids is 1. The number of carbonyl (C=O) groups is 2. The van der Waals surface area contributed by atoms with Gasteiger partial charge in [-0.15, -0.1) is 0 Å². The molecule has 0 aliphatic carbocycles. The van der Waals surface area contributed by atoms with Gasteiger partial charge in [-0.1, -0.05) is 0 Å². The van der Waals surface area contributed by atoms with Crippen LogP contribution in [-0.4, -0.2) is 78.7 Å². The quantitative estimate of drug-likeness (QED) is 0.634. The van der Waals surface area contributed by atoms with E-state index >= 15 is 0 Å². The van der Waals surface area contributed by atoms with Gasteiger partial charge in [-0.05, 0) is 52.4 Å². The van der Waals surface area contributed by atoms with Crippen molar-refractivity contribution in [3.05, 3.63) is 0 Å². The summed E-state index contributed by atoms with van der Waals surface area (Å²) in [5.41, 5.74) is 0. The van der Waals surface area contributed by atoms with Gasteiger partial charge < -0.3 is 20.2 Å². The minimum absolute atomic E-state index is 0.292. The highest BCUT2D eigenvalue weighted by Crippen LogP contribution is 2.03. The van der Waals surface area contributed by atoms with Crippen molar-refractivity contribution in [2.75, 3.05) is 45.7 Å². The lowest BCUT2D eigenvalue weighted by Gasteiger charge is -2.24. The Bertz CT molecular complexity index is 301. The van der Waals surface area contributed by atoms with E-state index in [-0.39, 0.29) is 6.03 Å².